The Bertz CT molecular complexity index is 256. The van der Waals surface area contributed by atoms with Crippen molar-refractivity contribution >= 4 is 17.9 Å². The van der Waals surface area contributed by atoms with Crippen LogP contribution in [0.25, 0.3) is 0 Å². The van der Waals surface area contributed by atoms with E-state index >= 15 is 0 Å². The van der Waals surface area contributed by atoms with Gasteiger partial charge in [0.15, 0.2) is 5.60 Å². The van der Waals surface area contributed by atoms with Gasteiger partial charge in [-0.3, -0.25) is 9.59 Å². The SMILES string of the molecule is O=C(O)CC(O)(CC(=O)O)C(=O)O.[Au].[H-].[H-].[H-].[Na+].[Na+].[Na+]. The van der Waals surface area contributed by atoms with Crippen molar-refractivity contribution in [2.75, 3.05) is 0 Å². The number of carbonyl (C=O) groups is 3. The van der Waals surface area contributed by atoms with Crippen molar-refractivity contribution in [1.82, 2.24) is 0 Å². The third-order valence-corrected chi connectivity index (χ3v) is 1.29. The molecule has 0 aromatic heterocycles. The standard InChI is InChI=1S/C6H8O7.Au.3Na.3H/c7-3(8)1-6(13,5(11)12)2-4(9)10;;;;;;;/h13H,1-2H2,(H,7,8)(H,9,10)(H,11,12);;;;;;;/q;;3*+1;3*-1. The second-order valence-corrected chi connectivity index (χ2v) is 2.48. The molecule has 0 aliphatic carbocycles. The summed E-state index contributed by atoms with van der Waals surface area (Å²) in [6.45, 7) is 0. The number of hydrogen-bond acceptors (Lipinski definition) is 4. The first-order valence-corrected chi connectivity index (χ1v) is 3.17. The Morgan fingerprint density at radius 2 is 1.12 bits per heavy atom. The first-order valence-electron chi connectivity index (χ1n) is 3.17. The molecule has 91 valence electrons. The summed E-state index contributed by atoms with van der Waals surface area (Å²) in [7, 11) is 0. The predicted octanol–water partition coefficient (Wildman–Crippen LogP) is -9.90. The number of carboxylic acid groups (broad SMARTS) is 3. The molecule has 0 heterocycles. The largest absolute Gasteiger partial charge is 1.00 e. The number of rotatable bonds is 5. The summed E-state index contributed by atoms with van der Waals surface area (Å²) in [5, 5.41) is 33.8. The van der Waals surface area contributed by atoms with Gasteiger partial charge in [0.05, 0.1) is 12.8 Å². The zero-order valence-electron chi connectivity index (χ0n) is 12.7. The van der Waals surface area contributed by atoms with Gasteiger partial charge >= 0.3 is 107 Å². The normalized spacial score (nSPS) is 8.29. The average Bonchev–Trinajstić information content (AvgIpc) is 1.82. The molecule has 0 rings (SSSR count). The Kier molecular flexibility index (Phi) is 26.9. The molecule has 0 atom stereocenters. The van der Waals surface area contributed by atoms with Crippen LogP contribution in [0.3, 0.4) is 0 Å². The number of aliphatic carboxylic acids is 3. The van der Waals surface area contributed by atoms with E-state index in [0.29, 0.717) is 0 Å². The fraction of sp³-hybridized carbons (Fsp3) is 0.500. The maximum absolute atomic E-state index is 10.3. The van der Waals surface area contributed by atoms with Gasteiger partial charge in [0.1, 0.15) is 0 Å². The zero-order chi connectivity index (χ0) is 10.6. The molecule has 0 unspecified atom stereocenters. The Morgan fingerprint density at radius 3 is 1.24 bits per heavy atom. The van der Waals surface area contributed by atoms with Crippen LogP contribution in [0.4, 0.5) is 0 Å². The van der Waals surface area contributed by atoms with Crippen LogP contribution in [0.15, 0.2) is 0 Å². The maximum atomic E-state index is 10.3. The van der Waals surface area contributed by atoms with Gasteiger partial charge in [-0.25, -0.2) is 4.79 Å². The molecular weight excluding hydrogens is 450 g/mol. The van der Waals surface area contributed by atoms with Crippen LogP contribution in [0.1, 0.15) is 17.1 Å². The second kappa shape index (κ2) is 14.5. The van der Waals surface area contributed by atoms with E-state index in [1.165, 1.54) is 0 Å². The minimum atomic E-state index is -2.74. The van der Waals surface area contributed by atoms with Crippen molar-refractivity contribution in [2.45, 2.75) is 18.4 Å². The van der Waals surface area contributed by atoms with Gasteiger partial charge in [-0.2, -0.15) is 0 Å². The molecule has 0 aromatic rings. The van der Waals surface area contributed by atoms with E-state index in [1.807, 2.05) is 0 Å². The first kappa shape index (κ1) is 31.5. The van der Waals surface area contributed by atoms with Crippen molar-refractivity contribution in [1.29, 1.82) is 0 Å². The van der Waals surface area contributed by atoms with E-state index in [1.54, 1.807) is 0 Å². The molecule has 0 aromatic carbocycles. The topological polar surface area (TPSA) is 132 Å². The van der Waals surface area contributed by atoms with E-state index in [2.05, 4.69) is 0 Å². The molecule has 4 N–H and O–H groups in total. The van der Waals surface area contributed by atoms with Crippen LogP contribution < -0.4 is 88.7 Å². The Labute approximate surface area is 184 Å². The summed E-state index contributed by atoms with van der Waals surface area (Å²) < 4.78 is 0. The smallest absolute Gasteiger partial charge is 1.00 e. The van der Waals surface area contributed by atoms with E-state index in [9.17, 15) is 14.4 Å². The third-order valence-electron chi connectivity index (χ3n) is 1.29. The number of carboxylic acids is 3. The summed E-state index contributed by atoms with van der Waals surface area (Å²) in [5.41, 5.74) is -2.74. The van der Waals surface area contributed by atoms with Crippen molar-refractivity contribution in [3.63, 3.8) is 0 Å². The van der Waals surface area contributed by atoms with Crippen molar-refractivity contribution in [3.05, 3.63) is 0 Å². The molecule has 0 aliphatic rings. The number of aliphatic hydroxyl groups is 1. The van der Waals surface area contributed by atoms with Gasteiger partial charge in [-0.05, 0) is 0 Å². The van der Waals surface area contributed by atoms with Crippen LogP contribution in [-0.4, -0.2) is 43.9 Å². The summed E-state index contributed by atoms with van der Waals surface area (Å²) >= 11 is 0. The summed E-state index contributed by atoms with van der Waals surface area (Å²) in [4.78, 5) is 30.5. The summed E-state index contributed by atoms with van der Waals surface area (Å²) in [6.07, 6.45) is -2.29. The minimum Gasteiger partial charge on any atom is -1.00 e. The van der Waals surface area contributed by atoms with E-state index < -0.39 is 36.4 Å². The molecule has 0 amide bonds. The van der Waals surface area contributed by atoms with Crippen molar-refractivity contribution < 1.29 is 150 Å². The molecule has 0 bridgehead atoms. The first-order chi connectivity index (χ1) is 5.78. The van der Waals surface area contributed by atoms with Gasteiger partial charge < -0.3 is 24.7 Å². The molecule has 11 heteroatoms. The monoisotopic (exact) mass is 461 g/mol. The second-order valence-electron chi connectivity index (χ2n) is 2.48. The van der Waals surface area contributed by atoms with E-state index in [0.717, 1.165) is 0 Å². The van der Waals surface area contributed by atoms with Crippen molar-refractivity contribution in [3.8, 4) is 0 Å². The number of hydrogen-bond donors (Lipinski definition) is 4. The third kappa shape index (κ3) is 14.3. The Hall–Kier alpha value is 2.11. The molecule has 7 nitrogen and oxygen atoms in total. The van der Waals surface area contributed by atoms with Crippen LogP contribution in [0, 0.1) is 0 Å². The summed E-state index contributed by atoms with van der Waals surface area (Å²) in [6, 6.07) is 0. The predicted molar refractivity (Wildman–Crippen MR) is 40.4 cm³/mol. The van der Waals surface area contributed by atoms with Gasteiger partial charge in [-0.1, -0.05) is 0 Å². The van der Waals surface area contributed by atoms with Crippen LogP contribution in [-0.2, 0) is 36.8 Å². The van der Waals surface area contributed by atoms with Gasteiger partial charge in [0.2, 0.25) is 0 Å². The average molecular weight is 461 g/mol. The fourth-order valence-corrected chi connectivity index (χ4v) is 0.714. The molecule has 0 spiro atoms. The van der Waals surface area contributed by atoms with Gasteiger partial charge in [-0.15, -0.1) is 0 Å². The molecule has 0 saturated heterocycles. The van der Waals surface area contributed by atoms with Gasteiger partial charge in [0, 0.05) is 22.4 Å². The molecule has 1 radical (unpaired) electrons. The Morgan fingerprint density at radius 1 is 0.882 bits per heavy atom. The van der Waals surface area contributed by atoms with E-state index in [-0.39, 0.29) is 115 Å². The maximum Gasteiger partial charge on any atom is 1.00 e. The summed E-state index contributed by atoms with van der Waals surface area (Å²) in [5.74, 6) is -5.02. The fourth-order valence-electron chi connectivity index (χ4n) is 0.714. The van der Waals surface area contributed by atoms with E-state index in [4.69, 9.17) is 20.4 Å². The van der Waals surface area contributed by atoms with Crippen LogP contribution >= 0.6 is 0 Å². The van der Waals surface area contributed by atoms with Crippen molar-refractivity contribution in [2.24, 2.45) is 0 Å². The van der Waals surface area contributed by atoms with Gasteiger partial charge in [0.25, 0.3) is 0 Å². The van der Waals surface area contributed by atoms with Crippen LogP contribution in [0.2, 0.25) is 0 Å². The molecule has 17 heavy (non-hydrogen) atoms. The Balaban J connectivity index is -0.0000000343. The van der Waals surface area contributed by atoms with Crippen LogP contribution in [0.5, 0.6) is 0 Å². The molecular formula is C6H11AuNa3O7. The molecule has 0 aliphatic heterocycles. The quantitative estimate of drug-likeness (QED) is 0.299. The minimum absolute atomic E-state index is 0. The molecule has 0 fully saturated rings. The zero-order valence-corrected chi connectivity index (χ0v) is 17.9. The molecule has 0 saturated carbocycles.